The van der Waals surface area contributed by atoms with Crippen LogP contribution in [0.2, 0.25) is 0 Å². The van der Waals surface area contributed by atoms with Gasteiger partial charge >= 0.3 is 0 Å². The molecule has 2 nitrogen and oxygen atoms in total. The third-order valence-corrected chi connectivity index (χ3v) is 4.33. The number of hydrogen-bond acceptors (Lipinski definition) is 2. The van der Waals surface area contributed by atoms with E-state index < -0.39 is 0 Å². The van der Waals surface area contributed by atoms with Gasteiger partial charge in [-0.2, -0.15) is 0 Å². The predicted molar refractivity (Wildman–Crippen MR) is 67.1 cm³/mol. The molecule has 1 heterocycles. The largest absolute Gasteiger partial charge is 0.316 e. The van der Waals surface area contributed by atoms with Crippen LogP contribution in [0.1, 0.15) is 40.5 Å². The molecule has 1 fully saturated rings. The first-order valence-corrected chi connectivity index (χ1v) is 6.42. The second-order valence-corrected chi connectivity index (χ2v) is 5.68. The SMILES string of the molecule is CCC1(CN(C)C(C)C(C)C)CCNC1. The molecule has 0 aromatic heterocycles. The molecule has 0 aromatic carbocycles. The fourth-order valence-corrected chi connectivity index (χ4v) is 2.53. The van der Waals surface area contributed by atoms with Gasteiger partial charge < -0.3 is 10.2 Å². The quantitative estimate of drug-likeness (QED) is 0.752. The van der Waals surface area contributed by atoms with Gasteiger partial charge in [-0.25, -0.2) is 0 Å². The minimum absolute atomic E-state index is 0.540. The van der Waals surface area contributed by atoms with Gasteiger partial charge in [0.25, 0.3) is 0 Å². The van der Waals surface area contributed by atoms with Crippen LogP contribution in [0.15, 0.2) is 0 Å². The van der Waals surface area contributed by atoms with Crippen molar-refractivity contribution >= 4 is 0 Å². The summed E-state index contributed by atoms with van der Waals surface area (Å²) in [6.45, 7) is 13.0. The maximum atomic E-state index is 3.51. The zero-order chi connectivity index (χ0) is 11.5. The highest BCUT2D eigenvalue weighted by molar-refractivity contribution is 4.89. The summed E-state index contributed by atoms with van der Waals surface area (Å²) in [6, 6.07) is 0.689. The third kappa shape index (κ3) is 3.18. The Morgan fingerprint density at radius 2 is 2.00 bits per heavy atom. The van der Waals surface area contributed by atoms with E-state index in [1.54, 1.807) is 0 Å². The first-order chi connectivity index (χ1) is 7.01. The standard InChI is InChI=1S/C13H28N2/c1-6-13(7-8-14-9-13)10-15(5)12(4)11(2)3/h11-12,14H,6-10H2,1-5H3. The number of nitrogens with one attached hydrogen (secondary N) is 1. The van der Waals surface area contributed by atoms with Crippen LogP contribution in [0.4, 0.5) is 0 Å². The Balaban J connectivity index is 2.51. The Morgan fingerprint density at radius 1 is 1.33 bits per heavy atom. The third-order valence-electron chi connectivity index (χ3n) is 4.33. The van der Waals surface area contributed by atoms with Crippen LogP contribution in [0.25, 0.3) is 0 Å². The molecule has 0 saturated carbocycles. The van der Waals surface area contributed by atoms with Crippen molar-refractivity contribution in [2.24, 2.45) is 11.3 Å². The summed E-state index contributed by atoms with van der Waals surface area (Å²) in [6.07, 6.45) is 2.65. The lowest BCUT2D eigenvalue weighted by atomic mass is 9.83. The van der Waals surface area contributed by atoms with Gasteiger partial charge in [-0.1, -0.05) is 20.8 Å². The topological polar surface area (TPSA) is 15.3 Å². The number of nitrogens with zero attached hydrogens (tertiary/aromatic N) is 1. The van der Waals surface area contributed by atoms with Crippen molar-refractivity contribution in [3.05, 3.63) is 0 Å². The molecule has 2 unspecified atom stereocenters. The molecule has 2 atom stereocenters. The van der Waals surface area contributed by atoms with E-state index in [2.05, 4.69) is 45.0 Å². The molecule has 0 aromatic rings. The highest BCUT2D eigenvalue weighted by Gasteiger charge is 2.34. The maximum Gasteiger partial charge on any atom is 0.00871 e. The van der Waals surface area contributed by atoms with Crippen LogP contribution in [-0.4, -0.2) is 37.6 Å². The molecule has 1 aliphatic rings. The van der Waals surface area contributed by atoms with Crippen molar-refractivity contribution in [1.29, 1.82) is 0 Å². The fraction of sp³-hybridized carbons (Fsp3) is 1.00. The van der Waals surface area contributed by atoms with E-state index in [0.717, 1.165) is 5.92 Å². The molecule has 1 saturated heterocycles. The molecule has 15 heavy (non-hydrogen) atoms. The van der Waals surface area contributed by atoms with E-state index >= 15 is 0 Å². The molecule has 1 aliphatic heterocycles. The molecule has 1 rings (SSSR count). The fourth-order valence-electron chi connectivity index (χ4n) is 2.53. The highest BCUT2D eigenvalue weighted by Crippen LogP contribution is 2.31. The molecule has 0 radical (unpaired) electrons. The maximum absolute atomic E-state index is 3.51. The Kier molecular flexibility index (Phi) is 4.60. The van der Waals surface area contributed by atoms with Gasteiger partial charge in [0.1, 0.15) is 0 Å². The van der Waals surface area contributed by atoms with Gasteiger partial charge in [0.05, 0.1) is 0 Å². The van der Waals surface area contributed by atoms with Crippen LogP contribution in [0, 0.1) is 11.3 Å². The van der Waals surface area contributed by atoms with E-state index in [-0.39, 0.29) is 0 Å². The van der Waals surface area contributed by atoms with Gasteiger partial charge in [-0.15, -0.1) is 0 Å². The van der Waals surface area contributed by atoms with Crippen molar-refractivity contribution in [1.82, 2.24) is 10.2 Å². The van der Waals surface area contributed by atoms with E-state index in [4.69, 9.17) is 0 Å². The normalized spacial score (nSPS) is 29.0. The molecular weight excluding hydrogens is 184 g/mol. The lowest BCUT2D eigenvalue weighted by molar-refractivity contribution is 0.127. The van der Waals surface area contributed by atoms with Gasteiger partial charge in [-0.05, 0) is 44.7 Å². The van der Waals surface area contributed by atoms with Crippen molar-refractivity contribution in [3.63, 3.8) is 0 Å². The summed E-state index contributed by atoms with van der Waals surface area (Å²) < 4.78 is 0. The zero-order valence-electron chi connectivity index (χ0n) is 11.1. The Labute approximate surface area is 95.4 Å². The van der Waals surface area contributed by atoms with Crippen molar-refractivity contribution < 1.29 is 0 Å². The van der Waals surface area contributed by atoms with E-state index in [1.165, 1.54) is 32.5 Å². The molecule has 2 heteroatoms. The number of rotatable bonds is 5. The lowest BCUT2D eigenvalue weighted by Gasteiger charge is -2.36. The monoisotopic (exact) mass is 212 g/mol. The van der Waals surface area contributed by atoms with Crippen molar-refractivity contribution in [2.45, 2.75) is 46.6 Å². The number of hydrogen-bond donors (Lipinski definition) is 1. The van der Waals surface area contributed by atoms with Crippen molar-refractivity contribution in [3.8, 4) is 0 Å². The van der Waals surface area contributed by atoms with Crippen LogP contribution < -0.4 is 5.32 Å². The predicted octanol–water partition coefficient (Wildman–Crippen LogP) is 2.35. The minimum atomic E-state index is 0.540. The zero-order valence-corrected chi connectivity index (χ0v) is 11.1. The molecule has 0 bridgehead atoms. The van der Waals surface area contributed by atoms with Gasteiger partial charge in [0, 0.05) is 19.1 Å². The average molecular weight is 212 g/mol. The first-order valence-electron chi connectivity index (χ1n) is 6.42. The summed E-state index contributed by atoms with van der Waals surface area (Å²) in [7, 11) is 2.28. The second-order valence-electron chi connectivity index (χ2n) is 5.68. The van der Waals surface area contributed by atoms with E-state index in [9.17, 15) is 0 Å². The highest BCUT2D eigenvalue weighted by atomic mass is 15.1. The molecule has 0 aliphatic carbocycles. The summed E-state index contributed by atoms with van der Waals surface area (Å²) >= 11 is 0. The summed E-state index contributed by atoms with van der Waals surface area (Å²) in [5.74, 6) is 0.748. The van der Waals surface area contributed by atoms with Gasteiger partial charge in [-0.3, -0.25) is 0 Å². The van der Waals surface area contributed by atoms with Crippen LogP contribution in [-0.2, 0) is 0 Å². The molecule has 0 amide bonds. The minimum Gasteiger partial charge on any atom is -0.316 e. The van der Waals surface area contributed by atoms with Crippen LogP contribution in [0.5, 0.6) is 0 Å². The summed E-state index contributed by atoms with van der Waals surface area (Å²) in [5.41, 5.74) is 0.540. The Hall–Kier alpha value is -0.0800. The Morgan fingerprint density at radius 3 is 2.40 bits per heavy atom. The average Bonchev–Trinajstić information content (AvgIpc) is 2.65. The van der Waals surface area contributed by atoms with Crippen molar-refractivity contribution in [2.75, 3.05) is 26.7 Å². The smallest absolute Gasteiger partial charge is 0.00871 e. The summed E-state index contributed by atoms with van der Waals surface area (Å²) in [5, 5.41) is 3.51. The van der Waals surface area contributed by atoms with Crippen LogP contribution >= 0.6 is 0 Å². The molecule has 90 valence electrons. The van der Waals surface area contributed by atoms with Crippen LogP contribution in [0.3, 0.4) is 0 Å². The van der Waals surface area contributed by atoms with E-state index in [0.29, 0.717) is 11.5 Å². The molecule has 1 N–H and O–H groups in total. The van der Waals surface area contributed by atoms with E-state index in [1.807, 2.05) is 0 Å². The second kappa shape index (κ2) is 5.31. The Bertz CT molecular complexity index is 183. The summed E-state index contributed by atoms with van der Waals surface area (Å²) in [4.78, 5) is 2.54. The molecule has 0 spiro atoms. The lowest BCUT2D eigenvalue weighted by Crippen LogP contribution is -2.42. The first kappa shape index (κ1) is 13.0. The van der Waals surface area contributed by atoms with Gasteiger partial charge in [0.15, 0.2) is 0 Å². The molecular formula is C13H28N2. The van der Waals surface area contributed by atoms with Gasteiger partial charge in [0.2, 0.25) is 0 Å².